The molecule has 0 aromatic carbocycles. The first kappa shape index (κ1) is 11.7. The Hall–Kier alpha value is -1.40. The van der Waals surface area contributed by atoms with Crippen molar-refractivity contribution in [3.05, 3.63) is 28.8 Å². The van der Waals surface area contributed by atoms with Crippen LogP contribution in [0.25, 0.3) is 0 Å². The molecule has 1 atom stereocenters. The number of aliphatic hydroxyl groups is 1. The van der Waals surface area contributed by atoms with E-state index in [9.17, 15) is 5.11 Å². The third kappa shape index (κ3) is 1.91. The Labute approximate surface area is 110 Å². The molecule has 0 amide bonds. The number of aryl methyl sites for hydroxylation is 1. The van der Waals surface area contributed by atoms with Gasteiger partial charge in [-0.1, -0.05) is 11.3 Å². The van der Waals surface area contributed by atoms with Gasteiger partial charge < -0.3 is 14.6 Å². The predicted molar refractivity (Wildman–Crippen MR) is 70.8 cm³/mol. The zero-order chi connectivity index (χ0) is 12.7. The summed E-state index contributed by atoms with van der Waals surface area (Å²) in [5.74, 6) is 1.08. The molecule has 18 heavy (non-hydrogen) atoms. The fourth-order valence-electron chi connectivity index (χ4n) is 2.25. The van der Waals surface area contributed by atoms with Crippen molar-refractivity contribution < 1.29 is 5.11 Å². The fourth-order valence-corrected chi connectivity index (χ4v) is 3.28. The molecule has 1 unspecified atom stereocenters. The molecule has 1 N–H and O–H groups in total. The molecule has 3 rings (SSSR count). The molecule has 6 heteroatoms. The first-order valence-electron chi connectivity index (χ1n) is 6.05. The van der Waals surface area contributed by atoms with Crippen molar-refractivity contribution in [1.82, 2.24) is 14.5 Å². The molecule has 0 aliphatic carbocycles. The summed E-state index contributed by atoms with van der Waals surface area (Å²) in [6.07, 6.45) is 3.41. The number of imidazole rings is 1. The van der Waals surface area contributed by atoms with Gasteiger partial charge >= 0.3 is 0 Å². The van der Waals surface area contributed by atoms with Gasteiger partial charge in [-0.25, -0.2) is 9.97 Å². The number of anilines is 1. The van der Waals surface area contributed by atoms with Crippen molar-refractivity contribution in [3.8, 4) is 0 Å². The smallest absolute Gasteiger partial charge is 0.186 e. The average molecular weight is 264 g/mol. The van der Waals surface area contributed by atoms with Crippen LogP contribution in [0.3, 0.4) is 0 Å². The van der Waals surface area contributed by atoms with Crippen molar-refractivity contribution in [1.29, 1.82) is 0 Å². The van der Waals surface area contributed by atoms with Crippen LogP contribution in [0.2, 0.25) is 0 Å². The van der Waals surface area contributed by atoms with Gasteiger partial charge in [-0.2, -0.15) is 0 Å². The summed E-state index contributed by atoms with van der Waals surface area (Å²) in [4.78, 5) is 12.1. The highest BCUT2D eigenvalue weighted by Gasteiger charge is 2.21. The van der Waals surface area contributed by atoms with E-state index in [0.29, 0.717) is 0 Å². The van der Waals surface area contributed by atoms with Crippen molar-refractivity contribution in [2.45, 2.75) is 33.0 Å². The van der Waals surface area contributed by atoms with Crippen LogP contribution in [0.5, 0.6) is 0 Å². The van der Waals surface area contributed by atoms with Gasteiger partial charge in [0.1, 0.15) is 5.82 Å². The number of nitrogens with zero attached hydrogens (tertiary/aromatic N) is 4. The maximum absolute atomic E-state index is 9.68. The number of hydrogen-bond donors (Lipinski definition) is 1. The lowest BCUT2D eigenvalue weighted by Gasteiger charge is -2.27. The van der Waals surface area contributed by atoms with Crippen LogP contribution in [-0.4, -0.2) is 26.2 Å². The maximum atomic E-state index is 9.68. The number of rotatable bonds is 2. The number of aliphatic hydroxyl groups excluding tert-OH is 1. The Morgan fingerprint density at radius 1 is 1.44 bits per heavy atom. The minimum Gasteiger partial charge on any atom is -0.388 e. The molecule has 0 saturated carbocycles. The molecule has 2 aromatic rings. The van der Waals surface area contributed by atoms with Gasteiger partial charge in [0.05, 0.1) is 23.2 Å². The Balaban J connectivity index is 1.86. The van der Waals surface area contributed by atoms with E-state index in [2.05, 4.69) is 19.4 Å². The molecular weight excluding hydrogens is 248 g/mol. The Kier molecular flexibility index (Phi) is 2.83. The molecule has 2 aromatic heterocycles. The molecule has 3 heterocycles. The molecule has 0 radical (unpaired) electrons. The fraction of sp³-hybridized carbons (Fsp3) is 0.500. The number of hydrogen-bond acceptors (Lipinski definition) is 5. The quantitative estimate of drug-likeness (QED) is 0.897. The van der Waals surface area contributed by atoms with Crippen molar-refractivity contribution in [2.24, 2.45) is 0 Å². The van der Waals surface area contributed by atoms with E-state index < -0.39 is 6.10 Å². The lowest BCUT2D eigenvalue weighted by molar-refractivity contribution is 0.202. The van der Waals surface area contributed by atoms with Crippen LogP contribution in [0, 0.1) is 6.92 Å². The topological polar surface area (TPSA) is 54.2 Å². The highest BCUT2D eigenvalue weighted by molar-refractivity contribution is 7.15. The third-order valence-electron chi connectivity index (χ3n) is 3.22. The maximum Gasteiger partial charge on any atom is 0.186 e. The molecular formula is C12H16N4OS. The largest absolute Gasteiger partial charge is 0.388 e. The summed E-state index contributed by atoms with van der Waals surface area (Å²) in [7, 11) is 0. The first-order chi connectivity index (χ1) is 8.65. The summed E-state index contributed by atoms with van der Waals surface area (Å²) in [5.41, 5.74) is 0.930. The SMILES string of the molecule is Cc1nc(N2CCn3ccnc3C2)sc1C(C)O. The second-order valence-corrected chi connectivity index (χ2v) is 5.59. The number of fused-ring (bicyclic) bond motifs is 1. The minimum absolute atomic E-state index is 0.442. The summed E-state index contributed by atoms with van der Waals surface area (Å²) < 4.78 is 2.17. The molecule has 0 saturated heterocycles. The van der Waals surface area contributed by atoms with Gasteiger partial charge in [0.25, 0.3) is 0 Å². The minimum atomic E-state index is -0.442. The number of thiazole rings is 1. The average Bonchev–Trinajstić information content (AvgIpc) is 2.93. The van der Waals surface area contributed by atoms with E-state index in [1.807, 2.05) is 19.3 Å². The van der Waals surface area contributed by atoms with E-state index in [1.54, 1.807) is 18.3 Å². The van der Waals surface area contributed by atoms with E-state index >= 15 is 0 Å². The summed E-state index contributed by atoms with van der Waals surface area (Å²) >= 11 is 1.58. The normalized spacial score (nSPS) is 16.7. The summed E-state index contributed by atoms with van der Waals surface area (Å²) in [6.45, 7) is 6.41. The van der Waals surface area contributed by atoms with Gasteiger partial charge in [0.15, 0.2) is 5.13 Å². The molecule has 96 valence electrons. The van der Waals surface area contributed by atoms with Crippen LogP contribution < -0.4 is 4.90 Å². The summed E-state index contributed by atoms with van der Waals surface area (Å²) in [5, 5.41) is 10.7. The number of aromatic nitrogens is 3. The third-order valence-corrected chi connectivity index (χ3v) is 4.60. The second-order valence-electron chi connectivity index (χ2n) is 4.58. The lowest BCUT2D eigenvalue weighted by atomic mass is 10.3. The molecule has 0 bridgehead atoms. The van der Waals surface area contributed by atoms with E-state index in [1.165, 1.54) is 0 Å². The van der Waals surface area contributed by atoms with Crippen LogP contribution in [-0.2, 0) is 13.1 Å². The van der Waals surface area contributed by atoms with Crippen LogP contribution in [0.1, 0.15) is 29.4 Å². The standard InChI is InChI=1S/C12H16N4OS/c1-8-11(9(2)17)18-12(14-8)16-6-5-15-4-3-13-10(15)7-16/h3-4,9,17H,5-7H2,1-2H3. The zero-order valence-electron chi connectivity index (χ0n) is 10.5. The van der Waals surface area contributed by atoms with Gasteiger partial charge in [-0.15, -0.1) is 0 Å². The zero-order valence-corrected chi connectivity index (χ0v) is 11.3. The Morgan fingerprint density at radius 3 is 3.00 bits per heavy atom. The first-order valence-corrected chi connectivity index (χ1v) is 6.87. The molecule has 0 spiro atoms. The van der Waals surface area contributed by atoms with Crippen LogP contribution >= 0.6 is 11.3 Å². The molecule has 1 aliphatic rings. The Morgan fingerprint density at radius 2 is 2.28 bits per heavy atom. The molecule has 1 aliphatic heterocycles. The van der Waals surface area contributed by atoms with E-state index in [-0.39, 0.29) is 0 Å². The monoisotopic (exact) mass is 264 g/mol. The van der Waals surface area contributed by atoms with Gasteiger partial charge in [-0.05, 0) is 13.8 Å². The van der Waals surface area contributed by atoms with Crippen molar-refractivity contribution >= 4 is 16.5 Å². The van der Waals surface area contributed by atoms with Gasteiger partial charge in [0.2, 0.25) is 0 Å². The van der Waals surface area contributed by atoms with Crippen LogP contribution in [0.15, 0.2) is 12.4 Å². The Bertz CT molecular complexity index is 560. The second kappa shape index (κ2) is 4.37. The predicted octanol–water partition coefficient (Wildman–Crippen LogP) is 1.72. The van der Waals surface area contributed by atoms with Crippen molar-refractivity contribution in [2.75, 3.05) is 11.4 Å². The highest BCUT2D eigenvalue weighted by atomic mass is 32.1. The van der Waals surface area contributed by atoms with Gasteiger partial charge in [-0.3, -0.25) is 0 Å². The van der Waals surface area contributed by atoms with Crippen LogP contribution in [0.4, 0.5) is 5.13 Å². The van der Waals surface area contributed by atoms with Gasteiger partial charge in [0, 0.05) is 25.5 Å². The van der Waals surface area contributed by atoms with E-state index in [4.69, 9.17) is 0 Å². The highest BCUT2D eigenvalue weighted by Crippen LogP contribution is 2.32. The van der Waals surface area contributed by atoms with E-state index in [0.717, 1.165) is 41.2 Å². The molecule has 0 fully saturated rings. The van der Waals surface area contributed by atoms with Crippen molar-refractivity contribution in [3.63, 3.8) is 0 Å². The molecule has 5 nitrogen and oxygen atoms in total. The lowest BCUT2D eigenvalue weighted by Crippen LogP contribution is -2.33. The summed E-state index contributed by atoms with van der Waals surface area (Å²) in [6, 6.07) is 0.